The average Bonchev–Trinajstić information content (AvgIpc) is 2.74. The average molecular weight is 246 g/mol. The predicted molar refractivity (Wildman–Crippen MR) is 66.7 cm³/mol. The summed E-state index contributed by atoms with van der Waals surface area (Å²) < 4.78 is 5.14. The predicted octanol–water partition coefficient (Wildman–Crippen LogP) is 1.38. The number of amides is 1. The van der Waals surface area contributed by atoms with Crippen LogP contribution >= 0.6 is 0 Å². The van der Waals surface area contributed by atoms with E-state index >= 15 is 0 Å². The molecule has 1 heterocycles. The first-order valence-electron chi connectivity index (χ1n) is 5.42. The first-order valence-corrected chi connectivity index (χ1v) is 5.42. The number of methoxy groups -OCH3 is 1. The van der Waals surface area contributed by atoms with Gasteiger partial charge in [-0.15, -0.1) is 5.10 Å². The van der Waals surface area contributed by atoms with Gasteiger partial charge in [-0.2, -0.15) is 9.90 Å². The molecule has 1 N–H and O–H groups in total. The quantitative estimate of drug-likeness (QED) is 0.888. The van der Waals surface area contributed by atoms with Gasteiger partial charge in [0.25, 0.3) is 5.91 Å². The van der Waals surface area contributed by atoms with Crippen molar-refractivity contribution < 1.29 is 9.53 Å². The Morgan fingerprint density at radius 3 is 2.78 bits per heavy atom. The van der Waals surface area contributed by atoms with Crippen LogP contribution in [0.25, 0.3) is 0 Å². The monoisotopic (exact) mass is 246 g/mol. The number of ether oxygens (including phenoxy) is 1. The highest BCUT2D eigenvalue weighted by molar-refractivity contribution is 6.03. The Bertz CT molecular complexity index is 577. The lowest BCUT2D eigenvalue weighted by atomic mass is 10.1. The molecule has 18 heavy (non-hydrogen) atoms. The zero-order valence-electron chi connectivity index (χ0n) is 10.5. The maximum atomic E-state index is 11.9. The SMILES string of the molecule is COc1ccc(C(=O)Nc2cnn(C)n2)cc1C. The van der Waals surface area contributed by atoms with E-state index in [4.69, 9.17) is 4.74 Å². The molecule has 0 aliphatic rings. The molecule has 1 aromatic carbocycles. The molecular weight excluding hydrogens is 232 g/mol. The Labute approximate surface area is 105 Å². The Morgan fingerprint density at radius 2 is 2.22 bits per heavy atom. The van der Waals surface area contributed by atoms with Crippen LogP contribution in [-0.4, -0.2) is 28.0 Å². The standard InChI is InChI=1S/C12H14N4O2/c1-8-6-9(4-5-10(8)18-3)12(17)14-11-7-13-16(2)15-11/h4-7H,1-3H3,(H,14,15,17). The summed E-state index contributed by atoms with van der Waals surface area (Å²) in [6.45, 7) is 1.89. The van der Waals surface area contributed by atoms with Crippen molar-refractivity contribution in [3.63, 3.8) is 0 Å². The van der Waals surface area contributed by atoms with E-state index in [2.05, 4.69) is 15.5 Å². The normalized spacial score (nSPS) is 10.2. The number of rotatable bonds is 3. The van der Waals surface area contributed by atoms with Gasteiger partial charge in [0.1, 0.15) is 5.75 Å². The molecule has 2 aromatic rings. The summed E-state index contributed by atoms with van der Waals surface area (Å²) in [5.74, 6) is 0.961. The zero-order valence-corrected chi connectivity index (χ0v) is 10.5. The van der Waals surface area contributed by atoms with Crippen molar-refractivity contribution in [2.75, 3.05) is 12.4 Å². The fourth-order valence-corrected chi connectivity index (χ4v) is 1.61. The molecule has 1 amide bonds. The summed E-state index contributed by atoms with van der Waals surface area (Å²) in [5.41, 5.74) is 1.46. The largest absolute Gasteiger partial charge is 0.496 e. The summed E-state index contributed by atoms with van der Waals surface area (Å²) in [7, 11) is 3.29. The third-order valence-corrected chi connectivity index (χ3v) is 2.50. The molecule has 2 rings (SSSR count). The second-order valence-corrected chi connectivity index (χ2v) is 3.86. The molecule has 0 atom stereocenters. The Morgan fingerprint density at radius 1 is 1.44 bits per heavy atom. The fourth-order valence-electron chi connectivity index (χ4n) is 1.61. The van der Waals surface area contributed by atoms with Crippen LogP contribution in [-0.2, 0) is 7.05 Å². The van der Waals surface area contributed by atoms with Gasteiger partial charge in [-0.05, 0) is 30.7 Å². The lowest BCUT2D eigenvalue weighted by Gasteiger charge is -2.06. The molecule has 0 radical (unpaired) electrons. The number of nitrogens with one attached hydrogen (secondary N) is 1. The molecule has 0 aliphatic carbocycles. The molecule has 0 fully saturated rings. The third kappa shape index (κ3) is 2.48. The van der Waals surface area contributed by atoms with E-state index in [-0.39, 0.29) is 5.91 Å². The van der Waals surface area contributed by atoms with Crippen molar-refractivity contribution in [3.05, 3.63) is 35.5 Å². The molecule has 0 bridgehead atoms. The van der Waals surface area contributed by atoms with Crippen molar-refractivity contribution in [1.29, 1.82) is 0 Å². The number of carbonyl (C=O) groups excluding carboxylic acids is 1. The second kappa shape index (κ2) is 4.87. The van der Waals surface area contributed by atoms with Gasteiger partial charge in [0.15, 0.2) is 5.82 Å². The third-order valence-electron chi connectivity index (χ3n) is 2.50. The van der Waals surface area contributed by atoms with Crippen LogP contribution < -0.4 is 10.1 Å². The summed E-state index contributed by atoms with van der Waals surface area (Å²) >= 11 is 0. The van der Waals surface area contributed by atoms with Crippen molar-refractivity contribution in [1.82, 2.24) is 15.0 Å². The number of hydrogen-bond donors (Lipinski definition) is 1. The summed E-state index contributed by atoms with van der Waals surface area (Å²) in [6, 6.07) is 5.24. The number of nitrogens with zero attached hydrogens (tertiary/aromatic N) is 3. The molecular formula is C12H14N4O2. The number of benzene rings is 1. The molecule has 6 heteroatoms. The zero-order chi connectivity index (χ0) is 13.1. The van der Waals surface area contributed by atoms with E-state index < -0.39 is 0 Å². The van der Waals surface area contributed by atoms with Crippen molar-refractivity contribution in [2.45, 2.75) is 6.92 Å². The summed E-state index contributed by atoms with van der Waals surface area (Å²) in [6.07, 6.45) is 1.49. The lowest BCUT2D eigenvalue weighted by molar-refractivity contribution is 0.102. The maximum absolute atomic E-state index is 11.9. The van der Waals surface area contributed by atoms with E-state index in [1.165, 1.54) is 11.0 Å². The number of aryl methyl sites for hydroxylation is 2. The van der Waals surface area contributed by atoms with E-state index in [0.29, 0.717) is 11.4 Å². The van der Waals surface area contributed by atoms with Gasteiger partial charge in [0, 0.05) is 12.6 Å². The lowest BCUT2D eigenvalue weighted by Crippen LogP contribution is -2.12. The Kier molecular flexibility index (Phi) is 3.27. The minimum absolute atomic E-state index is 0.221. The first kappa shape index (κ1) is 12.1. The summed E-state index contributed by atoms with van der Waals surface area (Å²) in [4.78, 5) is 13.3. The Balaban J connectivity index is 2.16. The molecule has 1 aromatic heterocycles. The fraction of sp³-hybridized carbons (Fsp3) is 0.250. The van der Waals surface area contributed by atoms with Crippen LogP contribution in [0.15, 0.2) is 24.4 Å². The van der Waals surface area contributed by atoms with E-state index in [0.717, 1.165) is 11.3 Å². The topological polar surface area (TPSA) is 69.0 Å². The molecule has 0 spiro atoms. The van der Waals surface area contributed by atoms with Crippen LogP contribution in [0.3, 0.4) is 0 Å². The first-order chi connectivity index (χ1) is 8.60. The van der Waals surface area contributed by atoms with Gasteiger partial charge in [-0.1, -0.05) is 0 Å². The van der Waals surface area contributed by atoms with Gasteiger partial charge in [0.2, 0.25) is 0 Å². The van der Waals surface area contributed by atoms with Gasteiger partial charge >= 0.3 is 0 Å². The highest BCUT2D eigenvalue weighted by Gasteiger charge is 2.09. The molecule has 94 valence electrons. The number of aromatic nitrogens is 3. The molecule has 6 nitrogen and oxygen atoms in total. The number of anilines is 1. The van der Waals surface area contributed by atoms with Gasteiger partial charge in [-0.25, -0.2) is 0 Å². The van der Waals surface area contributed by atoms with Gasteiger partial charge < -0.3 is 10.1 Å². The number of carbonyl (C=O) groups is 1. The molecule has 0 saturated carbocycles. The minimum atomic E-state index is -0.221. The second-order valence-electron chi connectivity index (χ2n) is 3.86. The maximum Gasteiger partial charge on any atom is 0.256 e. The smallest absolute Gasteiger partial charge is 0.256 e. The molecule has 0 aliphatic heterocycles. The van der Waals surface area contributed by atoms with Crippen LogP contribution in [0.5, 0.6) is 5.75 Å². The van der Waals surface area contributed by atoms with E-state index in [1.54, 1.807) is 32.4 Å². The minimum Gasteiger partial charge on any atom is -0.496 e. The van der Waals surface area contributed by atoms with Crippen molar-refractivity contribution in [3.8, 4) is 5.75 Å². The van der Waals surface area contributed by atoms with Crippen LogP contribution in [0.4, 0.5) is 5.82 Å². The highest BCUT2D eigenvalue weighted by atomic mass is 16.5. The number of hydrogen-bond acceptors (Lipinski definition) is 4. The highest BCUT2D eigenvalue weighted by Crippen LogP contribution is 2.18. The van der Waals surface area contributed by atoms with Crippen LogP contribution in [0.1, 0.15) is 15.9 Å². The summed E-state index contributed by atoms with van der Waals surface area (Å²) in [5, 5.41) is 10.5. The Hall–Kier alpha value is -2.37. The van der Waals surface area contributed by atoms with E-state index in [9.17, 15) is 4.79 Å². The van der Waals surface area contributed by atoms with Crippen LogP contribution in [0.2, 0.25) is 0 Å². The van der Waals surface area contributed by atoms with E-state index in [1.807, 2.05) is 6.92 Å². The molecule has 0 unspecified atom stereocenters. The van der Waals surface area contributed by atoms with Crippen molar-refractivity contribution in [2.24, 2.45) is 7.05 Å². The van der Waals surface area contributed by atoms with Gasteiger partial charge in [-0.3, -0.25) is 4.79 Å². The van der Waals surface area contributed by atoms with Crippen molar-refractivity contribution >= 4 is 11.7 Å². The van der Waals surface area contributed by atoms with Crippen LogP contribution in [0, 0.1) is 6.92 Å². The van der Waals surface area contributed by atoms with Gasteiger partial charge in [0.05, 0.1) is 13.3 Å². The molecule has 0 saturated heterocycles.